The number of nitrogens with one attached hydrogen (secondary N) is 1. The van der Waals surface area contributed by atoms with E-state index in [9.17, 15) is 13.2 Å². The molecular weight excluding hydrogens is 329 g/mol. The van der Waals surface area contributed by atoms with Crippen molar-refractivity contribution in [3.8, 4) is 5.88 Å². The van der Waals surface area contributed by atoms with Crippen molar-refractivity contribution >= 4 is 16.9 Å². The van der Waals surface area contributed by atoms with Gasteiger partial charge in [-0.05, 0) is 13.0 Å². The summed E-state index contributed by atoms with van der Waals surface area (Å²) in [5.74, 6) is 0.313. The van der Waals surface area contributed by atoms with E-state index in [4.69, 9.17) is 4.52 Å². The van der Waals surface area contributed by atoms with Gasteiger partial charge in [0.05, 0.1) is 17.9 Å². The van der Waals surface area contributed by atoms with E-state index in [0.29, 0.717) is 28.3 Å². The Bertz CT molecular complexity index is 834. The third-order valence-electron chi connectivity index (χ3n) is 2.96. The first-order chi connectivity index (χ1) is 11.4. The Labute approximate surface area is 133 Å². The second-order valence-electron chi connectivity index (χ2n) is 4.79. The van der Waals surface area contributed by atoms with Crippen molar-refractivity contribution < 1.29 is 22.4 Å². The van der Waals surface area contributed by atoms with Crippen molar-refractivity contribution in [2.24, 2.45) is 0 Å². The molecule has 0 aliphatic carbocycles. The average molecular weight is 340 g/mol. The number of fused-ring (bicyclic) bond motifs is 1. The summed E-state index contributed by atoms with van der Waals surface area (Å²) >= 11 is 0. The molecule has 0 saturated heterocycles. The molecule has 0 unspecified atom stereocenters. The molecule has 0 bridgehead atoms. The van der Waals surface area contributed by atoms with Gasteiger partial charge in [-0.1, -0.05) is 5.16 Å². The summed E-state index contributed by atoms with van der Waals surface area (Å²) in [6.45, 7) is 0.598. The zero-order valence-corrected chi connectivity index (χ0v) is 12.3. The molecule has 0 atom stereocenters. The highest BCUT2D eigenvalue weighted by molar-refractivity contribution is 5.87. The fourth-order valence-electron chi connectivity index (χ4n) is 1.91. The summed E-state index contributed by atoms with van der Waals surface area (Å²) in [5.41, 5.74) is 1.48. The number of hydrogen-bond donors (Lipinski definition) is 1. The van der Waals surface area contributed by atoms with Crippen molar-refractivity contribution in [2.75, 3.05) is 11.9 Å². The van der Waals surface area contributed by atoms with Crippen LogP contribution in [0.4, 0.5) is 19.0 Å². The van der Waals surface area contributed by atoms with Crippen LogP contribution in [0.3, 0.4) is 0 Å². The number of halogens is 3. The van der Waals surface area contributed by atoms with Gasteiger partial charge in [0.2, 0.25) is 5.88 Å². The minimum absolute atomic E-state index is 0.199. The summed E-state index contributed by atoms with van der Waals surface area (Å²) in [5, 5.41) is 14.9. The number of aryl methyl sites for hydroxylation is 1. The van der Waals surface area contributed by atoms with Crippen molar-refractivity contribution in [2.45, 2.75) is 19.6 Å². The first-order valence-corrected chi connectivity index (χ1v) is 6.75. The molecule has 11 heteroatoms. The Kier molecular flexibility index (Phi) is 4.15. The second kappa shape index (κ2) is 6.26. The quantitative estimate of drug-likeness (QED) is 0.755. The van der Waals surface area contributed by atoms with E-state index in [-0.39, 0.29) is 12.4 Å². The van der Waals surface area contributed by atoms with Gasteiger partial charge in [-0.25, -0.2) is 4.98 Å². The Morgan fingerprint density at radius 1 is 1.21 bits per heavy atom. The fraction of sp³-hybridized carbons (Fsp3) is 0.308. The van der Waals surface area contributed by atoms with E-state index >= 15 is 0 Å². The van der Waals surface area contributed by atoms with Crippen LogP contribution in [0, 0.1) is 6.92 Å². The molecule has 0 aromatic carbocycles. The molecule has 0 fully saturated rings. The zero-order chi connectivity index (χ0) is 17.2. The monoisotopic (exact) mass is 340 g/mol. The van der Waals surface area contributed by atoms with Crippen LogP contribution in [0.2, 0.25) is 0 Å². The maximum atomic E-state index is 12.1. The molecule has 24 heavy (non-hydrogen) atoms. The maximum Gasteiger partial charge on any atom is 0.422 e. The Morgan fingerprint density at radius 2 is 2.04 bits per heavy atom. The van der Waals surface area contributed by atoms with Gasteiger partial charge in [-0.3, -0.25) is 0 Å². The first kappa shape index (κ1) is 15.9. The molecule has 126 valence electrons. The molecule has 0 spiro atoms. The van der Waals surface area contributed by atoms with E-state index < -0.39 is 12.8 Å². The summed E-state index contributed by atoms with van der Waals surface area (Å²) in [6, 6.07) is 2.82. The Balaban J connectivity index is 1.65. The van der Waals surface area contributed by atoms with E-state index in [1.807, 2.05) is 0 Å². The first-order valence-electron chi connectivity index (χ1n) is 6.75. The van der Waals surface area contributed by atoms with Crippen LogP contribution in [0.15, 0.2) is 23.0 Å². The van der Waals surface area contributed by atoms with E-state index in [2.05, 4.69) is 35.4 Å². The molecule has 0 amide bonds. The molecule has 0 aliphatic rings. The van der Waals surface area contributed by atoms with E-state index in [0.717, 1.165) is 0 Å². The topological polar surface area (TPSA) is 98.9 Å². The lowest BCUT2D eigenvalue weighted by atomic mass is 10.3. The van der Waals surface area contributed by atoms with Crippen LogP contribution in [0.25, 0.3) is 11.1 Å². The smallest absolute Gasteiger partial charge is 0.422 e. The third kappa shape index (κ3) is 3.67. The second-order valence-corrected chi connectivity index (χ2v) is 4.79. The van der Waals surface area contributed by atoms with Gasteiger partial charge in [0.25, 0.3) is 5.71 Å². The summed E-state index contributed by atoms with van der Waals surface area (Å²) in [7, 11) is 0. The molecule has 0 aliphatic heterocycles. The van der Waals surface area contributed by atoms with Gasteiger partial charge in [0, 0.05) is 6.07 Å². The van der Waals surface area contributed by atoms with Gasteiger partial charge in [-0.2, -0.15) is 23.3 Å². The molecule has 0 radical (unpaired) electrons. The molecule has 3 aromatic heterocycles. The van der Waals surface area contributed by atoms with Gasteiger partial charge >= 0.3 is 6.18 Å². The van der Waals surface area contributed by atoms with Crippen molar-refractivity contribution in [3.63, 3.8) is 0 Å². The largest absolute Gasteiger partial charge is 0.467 e. The number of aromatic nitrogens is 5. The summed E-state index contributed by atoms with van der Waals surface area (Å²) in [4.78, 5) is 8.06. The molecule has 3 aromatic rings. The molecular formula is C13H11F3N6O2. The predicted molar refractivity (Wildman–Crippen MR) is 75.2 cm³/mol. The Hall–Kier alpha value is -2.98. The molecule has 0 saturated carbocycles. The highest BCUT2D eigenvalue weighted by Crippen LogP contribution is 2.22. The lowest BCUT2D eigenvalue weighted by Crippen LogP contribution is -2.19. The van der Waals surface area contributed by atoms with Gasteiger partial charge in [0.1, 0.15) is 17.5 Å². The zero-order valence-electron chi connectivity index (χ0n) is 12.3. The van der Waals surface area contributed by atoms with Gasteiger partial charge < -0.3 is 14.6 Å². The minimum Gasteiger partial charge on any atom is -0.467 e. The average Bonchev–Trinajstić information content (AvgIpc) is 2.93. The number of nitrogens with zero attached hydrogens (tertiary/aromatic N) is 5. The number of rotatable bonds is 5. The SMILES string of the molecule is Cc1noc2ncnc(NCc3ccc(OCC(F)(F)F)nn3)c12. The maximum absolute atomic E-state index is 12.1. The predicted octanol–water partition coefficient (Wildman–Crippen LogP) is 2.27. The Morgan fingerprint density at radius 3 is 2.75 bits per heavy atom. The lowest BCUT2D eigenvalue weighted by Gasteiger charge is -2.08. The molecule has 1 N–H and O–H groups in total. The number of alkyl halides is 3. The fourth-order valence-corrected chi connectivity index (χ4v) is 1.91. The van der Waals surface area contributed by atoms with Gasteiger partial charge in [-0.15, -0.1) is 5.10 Å². The number of hydrogen-bond acceptors (Lipinski definition) is 8. The van der Waals surface area contributed by atoms with E-state index in [1.54, 1.807) is 6.92 Å². The van der Waals surface area contributed by atoms with Crippen LogP contribution in [0.1, 0.15) is 11.4 Å². The van der Waals surface area contributed by atoms with Crippen LogP contribution in [0.5, 0.6) is 5.88 Å². The van der Waals surface area contributed by atoms with Crippen molar-refractivity contribution in [3.05, 3.63) is 29.8 Å². The number of anilines is 1. The standard InChI is InChI=1S/C13H11F3N6O2/c1-7-10-11(18-6-19-12(10)24-22-7)17-4-8-2-3-9(21-20-8)23-5-13(14,15)16/h2-3,6H,4-5H2,1H3,(H,17,18,19). The molecule has 8 nitrogen and oxygen atoms in total. The van der Waals surface area contributed by atoms with E-state index in [1.165, 1.54) is 18.5 Å². The van der Waals surface area contributed by atoms with Crippen molar-refractivity contribution in [1.29, 1.82) is 0 Å². The van der Waals surface area contributed by atoms with Crippen LogP contribution in [-0.2, 0) is 6.54 Å². The van der Waals surface area contributed by atoms with Crippen LogP contribution in [-0.4, -0.2) is 38.1 Å². The summed E-state index contributed by atoms with van der Waals surface area (Å²) in [6.07, 6.45) is -3.09. The summed E-state index contributed by atoms with van der Waals surface area (Å²) < 4.78 is 45.7. The third-order valence-corrected chi connectivity index (χ3v) is 2.96. The van der Waals surface area contributed by atoms with Gasteiger partial charge in [0.15, 0.2) is 6.61 Å². The van der Waals surface area contributed by atoms with Crippen LogP contribution < -0.4 is 10.1 Å². The highest BCUT2D eigenvalue weighted by atomic mass is 19.4. The van der Waals surface area contributed by atoms with Crippen LogP contribution >= 0.6 is 0 Å². The van der Waals surface area contributed by atoms with Crippen molar-refractivity contribution in [1.82, 2.24) is 25.3 Å². The molecule has 3 heterocycles. The lowest BCUT2D eigenvalue weighted by molar-refractivity contribution is -0.154. The highest BCUT2D eigenvalue weighted by Gasteiger charge is 2.28. The normalized spacial score (nSPS) is 11.7. The molecule has 3 rings (SSSR count). The number of ether oxygens (including phenoxy) is 1. The minimum atomic E-state index is -4.42.